The maximum absolute atomic E-state index is 15.8. The van der Waals surface area contributed by atoms with Crippen molar-refractivity contribution in [3.8, 4) is 0 Å². The van der Waals surface area contributed by atoms with Gasteiger partial charge in [0.25, 0.3) is 0 Å². The summed E-state index contributed by atoms with van der Waals surface area (Å²) in [6.07, 6.45) is 5.02. The quantitative estimate of drug-likeness (QED) is 0.445. The Labute approximate surface area is 225 Å². The minimum absolute atomic E-state index is 0.0545. The van der Waals surface area contributed by atoms with E-state index in [4.69, 9.17) is 23.2 Å². The second-order valence-electron chi connectivity index (χ2n) is 11.4. The third-order valence-corrected chi connectivity index (χ3v) is 9.55. The molecule has 4 N–H and O–H groups in total. The summed E-state index contributed by atoms with van der Waals surface area (Å²) in [4.78, 5) is 28.2. The summed E-state index contributed by atoms with van der Waals surface area (Å²) >= 11 is 12.6. The molecule has 0 aromatic heterocycles. The van der Waals surface area contributed by atoms with Gasteiger partial charge >= 0.3 is 0 Å². The molecule has 3 fully saturated rings. The number of aliphatic hydroxyl groups is 1. The Morgan fingerprint density at radius 3 is 2.57 bits per heavy atom. The van der Waals surface area contributed by atoms with Crippen molar-refractivity contribution < 1.29 is 19.1 Å². The Morgan fingerprint density at radius 1 is 1.14 bits per heavy atom. The van der Waals surface area contributed by atoms with Crippen LogP contribution in [0.4, 0.5) is 10.1 Å². The van der Waals surface area contributed by atoms with Crippen LogP contribution in [0.1, 0.15) is 68.9 Å². The summed E-state index contributed by atoms with van der Waals surface area (Å²) < 4.78 is 15.8. The molecule has 2 aliphatic carbocycles. The average molecular weight is 546 g/mol. The van der Waals surface area contributed by atoms with Crippen molar-refractivity contribution in [3.63, 3.8) is 0 Å². The molecule has 2 heterocycles. The standard InChI is InChI=1S/C28H30Cl2FN3O3/c1-26(37)13-16(14-26)32-24(35)23-21(17-6-5-7-19(30)22(17)31)28(27(34-23)10-3-2-4-11-27)18-9-8-15(29)12-20(18)33-25(28)36/h5-9,12,16,21,23,34,37H,2-4,10-11,13-14H2,1H3,(H,32,35)(H,33,36)/t16?,21-,23+,26?,28?/m0/s1. The van der Waals surface area contributed by atoms with E-state index in [1.165, 1.54) is 6.07 Å². The van der Waals surface area contributed by atoms with Gasteiger partial charge in [0.1, 0.15) is 11.2 Å². The number of nitrogens with one attached hydrogen (secondary N) is 3. The van der Waals surface area contributed by atoms with Gasteiger partial charge in [-0.05, 0) is 61.9 Å². The highest BCUT2D eigenvalue weighted by Crippen LogP contribution is 2.62. The molecule has 9 heteroatoms. The number of anilines is 1. The van der Waals surface area contributed by atoms with E-state index >= 15 is 4.39 Å². The first kappa shape index (κ1) is 25.1. The van der Waals surface area contributed by atoms with E-state index in [-0.39, 0.29) is 28.4 Å². The smallest absolute Gasteiger partial charge is 0.238 e. The van der Waals surface area contributed by atoms with Crippen molar-refractivity contribution in [2.24, 2.45) is 0 Å². The van der Waals surface area contributed by atoms with Crippen molar-refractivity contribution in [3.05, 3.63) is 63.4 Å². The lowest BCUT2D eigenvalue weighted by molar-refractivity contribution is -0.127. The van der Waals surface area contributed by atoms with Gasteiger partial charge in [-0.25, -0.2) is 4.39 Å². The van der Waals surface area contributed by atoms with Gasteiger partial charge in [0, 0.05) is 28.2 Å². The van der Waals surface area contributed by atoms with Crippen molar-refractivity contribution in [2.75, 3.05) is 5.32 Å². The van der Waals surface area contributed by atoms with Gasteiger partial charge in [-0.15, -0.1) is 0 Å². The van der Waals surface area contributed by atoms with Crippen LogP contribution in [0, 0.1) is 5.82 Å². The molecule has 2 amide bonds. The number of rotatable bonds is 3. The zero-order valence-corrected chi connectivity index (χ0v) is 22.1. The zero-order valence-electron chi connectivity index (χ0n) is 20.5. The van der Waals surface area contributed by atoms with Crippen LogP contribution in [0.25, 0.3) is 0 Å². The summed E-state index contributed by atoms with van der Waals surface area (Å²) in [6, 6.07) is 9.00. The number of carbonyl (C=O) groups is 2. The Hall–Kier alpha value is -2.19. The van der Waals surface area contributed by atoms with E-state index < -0.39 is 34.3 Å². The molecule has 2 aliphatic heterocycles. The van der Waals surface area contributed by atoms with Gasteiger partial charge in [-0.2, -0.15) is 0 Å². The Kier molecular flexibility index (Phi) is 5.88. The van der Waals surface area contributed by atoms with E-state index in [0.717, 1.165) is 24.8 Å². The number of carbonyl (C=O) groups excluding carboxylic acids is 2. The fourth-order valence-corrected chi connectivity index (χ4v) is 7.97. The fraction of sp³-hybridized carbons (Fsp3) is 0.500. The van der Waals surface area contributed by atoms with E-state index in [2.05, 4.69) is 16.0 Å². The third kappa shape index (κ3) is 3.65. The molecule has 2 aromatic rings. The Balaban J connectivity index is 1.55. The monoisotopic (exact) mass is 545 g/mol. The highest BCUT2D eigenvalue weighted by atomic mass is 35.5. The number of halogens is 3. The summed E-state index contributed by atoms with van der Waals surface area (Å²) in [5.41, 5.74) is -1.27. The molecule has 6 nitrogen and oxygen atoms in total. The normalized spacial score (nSPS) is 33.8. The molecule has 196 valence electrons. The van der Waals surface area contributed by atoms with Gasteiger partial charge in [0.2, 0.25) is 11.8 Å². The second-order valence-corrected chi connectivity index (χ2v) is 12.3. The fourth-order valence-electron chi connectivity index (χ4n) is 7.61. The molecule has 2 aromatic carbocycles. The summed E-state index contributed by atoms with van der Waals surface area (Å²) in [5.74, 6) is -2.04. The van der Waals surface area contributed by atoms with Gasteiger partial charge in [0.15, 0.2) is 0 Å². The van der Waals surface area contributed by atoms with Gasteiger partial charge in [0.05, 0.1) is 16.7 Å². The van der Waals surface area contributed by atoms with Crippen LogP contribution in [0.15, 0.2) is 36.4 Å². The molecule has 2 spiro atoms. The summed E-state index contributed by atoms with van der Waals surface area (Å²) in [5, 5.41) is 20.3. The maximum atomic E-state index is 15.8. The molecule has 3 atom stereocenters. The molecule has 1 unspecified atom stereocenters. The molecular weight excluding hydrogens is 516 g/mol. The molecular formula is C28H30Cl2FN3O3. The molecule has 2 saturated carbocycles. The van der Waals surface area contributed by atoms with Crippen LogP contribution in [0.5, 0.6) is 0 Å². The highest BCUT2D eigenvalue weighted by molar-refractivity contribution is 6.31. The Morgan fingerprint density at radius 2 is 1.86 bits per heavy atom. The van der Waals surface area contributed by atoms with Crippen molar-refractivity contribution in [1.82, 2.24) is 10.6 Å². The van der Waals surface area contributed by atoms with Gasteiger partial charge < -0.3 is 15.7 Å². The van der Waals surface area contributed by atoms with Gasteiger partial charge in [-0.1, -0.05) is 60.7 Å². The number of hydrogen-bond acceptors (Lipinski definition) is 4. The average Bonchev–Trinajstić information content (AvgIpc) is 3.28. The lowest BCUT2D eigenvalue weighted by Gasteiger charge is -2.47. The minimum Gasteiger partial charge on any atom is -0.390 e. The summed E-state index contributed by atoms with van der Waals surface area (Å²) in [6.45, 7) is 1.74. The Bertz CT molecular complexity index is 1290. The van der Waals surface area contributed by atoms with Crippen molar-refractivity contribution >= 4 is 40.7 Å². The highest BCUT2D eigenvalue weighted by Gasteiger charge is 2.72. The van der Waals surface area contributed by atoms with E-state index in [1.807, 2.05) is 6.07 Å². The molecule has 37 heavy (non-hydrogen) atoms. The minimum atomic E-state index is -1.24. The topological polar surface area (TPSA) is 90.5 Å². The van der Waals surface area contributed by atoms with Gasteiger partial charge in [-0.3, -0.25) is 14.9 Å². The lowest BCUT2D eigenvalue weighted by Crippen LogP contribution is -2.60. The van der Waals surface area contributed by atoms with Crippen LogP contribution < -0.4 is 16.0 Å². The van der Waals surface area contributed by atoms with E-state index in [9.17, 15) is 14.7 Å². The first-order valence-electron chi connectivity index (χ1n) is 12.9. The maximum Gasteiger partial charge on any atom is 0.238 e. The summed E-state index contributed by atoms with van der Waals surface area (Å²) in [7, 11) is 0. The zero-order chi connectivity index (χ0) is 26.2. The number of amides is 2. The number of fused-ring (bicyclic) bond motifs is 3. The first-order valence-corrected chi connectivity index (χ1v) is 13.7. The number of benzene rings is 2. The van der Waals surface area contributed by atoms with E-state index in [0.29, 0.717) is 36.4 Å². The van der Waals surface area contributed by atoms with Crippen LogP contribution in [0.3, 0.4) is 0 Å². The predicted octanol–water partition coefficient (Wildman–Crippen LogP) is 4.81. The lowest BCUT2D eigenvalue weighted by atomic mass is 9.55. The third-order valence-electron chi connectivity index (χ3n) is 9.02. The second kappa shape index (κ2) is 8.67. The SMILES string of the molecule is CC1(O)CC(NC(=O)[C@@H]2NC3(CCCCC3)C3(C(=O)Nc4cc(Cl)ccc43)[C@H]2c2cccc(Cl)c2F)C1. The van der Waals surface area contributed by atoms with Crippen LogP contribution in [-0.4, -0.2) is 40.1 Å². The largest absolute Gasteiger partial charge is 0.390 e. The van der Waals surface area contributed by atoms with Crippen molar-refractivity contribution in [1.29, 1.82) is 0 Å². The number of hydrogen-bond donors (Lipinski definition) is 4. The van der Waals surface area contributed by atoms with Crippen LogP contribution >= 0.6 is 23.2 Å². The molecule has 6 rings (SSSR count). The molecule has 4 aliphatic rings. The van der Waals surface area contributed by atoms with Crippen LogP contribution in [-0.2, 0) is 15.0 Å². The molecule has 0 bridgehead atoms. The first-order chi connectivity index (χ1) is 17.6. The predicted molar refractivity (Wildman–Crippen MR) is 140 cm³/mol. The molecule has 0 radical (unpaired) electrons. The molecule has 1 saturated heterocycles. The van der Waals surface area contributed by atoms with Crippen molar-refractivity contribution in [2.45, 2.75) is 86.4 Å². The van der Waals surface area contributed by atoms with Crippen LogP contribution in [0.2, 0.25) is 10.0 Å². The van der Waals surface area contributed by atoms with E-state index in [1.54, 1.807) is 31.2 Å².